The molecule has 0 bridgehead atoms. The number of hydrogen-bond acceptors (Lipinski definition) is 4. The number of hydrogen-bond donors (Lipinski definition) is 2. The van der Waals surface area contributed by atoms with E-state index in [2.05, 4.69) is 10.3 Å². The first-order valence-corrected chi connectivity index (χ1v) is 5.82. The van der Waals surface area contributed by atoms with Crippen molar-refractivity contribution < 1.29 is 14.6 Å². The van der Waals surface area contributed by atoms with E-state index in [1.54, 1.807) is 27.7 Å². The van der Waals surface area contributed by atoms with Gasteiger partial charge in [-0.25, -0.2) is 9.78 Å². The van der Waals surface area contributed by atoms with Gasteiger partial charge in [0.1, 0.15) is 5.60 Å². The van der Waals surface area contributed by atoms with E-state index in [1.807, 2.05) is 13.0 Å². The van der Waals surface area contributed by atoms with Gasteiger partial charge in [-0.3, -0.25) is 0 Å². The fourth-order valence-corrected chi connectivity index (χ4v) is 1.54. The van der Waals surface area contributed by atoms with E-state index in [1.165, 1.54) is 0 Å². The number of carbonyl (C=O) groups excluding carboxylic acids is 1. The Bertz CT molecular complexity index is 427. The largest absolute Gasteiger partial charge is 0.493 e. The molecule has 0 spiro atoms. The standard InChI is InChI=1S/C13H20N2O3/c1-8-6-9(2)15-11(16)10(8)7-14-12(17)18-13(3,4)5/h6H,7H2,1-5H3,(H,14,17)(H,15,16). The summed E-state index contributed by atoms with van der Waals surface area (Å²) in [7, 11) is 0. The molecule has 0 aromatic carbocycles. The maximum absolute atomic E-state index is 11.5. The van der Waals surface area contributed by atoms with Crippen molar-refractivity contribution in [3.05, 3.63) is 22.9 Å². The fraction of sp³-hybridized carbons (Fsp3) is 0.538. The minimum absolute atomic E-state index is 0.0523. The number of nitrogens with zero attached hydrogens (tertiary/aromatic N) is 1. The molecule has 0 atom stereocenters. The third-order valence-electron chi connectivity index (χ3n) is 2.26. The minimum Gasteiger partial charge on any atom is -0.493 e. The normalized spacial score (nSPS) is 11.2. The summed E-state index contributed by atoms with van der Waals surface area (Å²) in [5.74, 6) is -0.0523. The Kier molecular flexibility index (Phi) is 4.16. The molecular weight excluding hydrogens is 232 g/mol. The van der Waals surface area contributed by atoms with Crippen molar-refractivity contribution in [2.75, 3.05) is 0 Å². The zero-order valence-electron chi connectivity index (χ0n) is 11.5. The van der Waals surface area contributed by atoms with E-state index in [-0.39, 0.29) is 12.4 Å². The van der Waals surface area contributed by atoms with Crippen LogP contribution in [0.2, 0.25) is 0 Å². The van der Waals surface area contributed by atoms with Gasteiger partial charge < -0.3 is 15.2 Å². The zero-order chi connectivity index (χ0) is 13.9. The Morgan fingerprint density at radius 3 is 2.56 bits per heavy atom. The highest BCUT2D eigenvalue weighted by molar-refractivity contribution is 5.67. The molecule has 0 aliphatic rings. The first-order valence-electron chi connectivity index (χ1n) is 5.82. The second kappa shape index (κ2) is 5.25. The van der Waals surface area contributed by atoms with Gasteiger partial charge in [0.2, 0.25) is 5.88 Å². The quantitative estimate of drug-likeness (QED) is 0.848. The predicted molar refractivity (Wildman–Crippen MR) is 68.4 cm³/mol. The van der Waals surface area contributed by atoms with E-state index in [4.69, 9.17) is 4.74 Å². The monoisotopic (exact) mass is 252 g/mol. The number of amides is 1. The molecule has 5 heteroatoms. The first kappa shape index (κ1) is 14.3. The van der Waals surface area contributed by atoms with Gasteiger partial charge in [-0.1, -0.05) is 0 Å². The Balaban J connectivity index is 2.67. The van der Waals surface area contributed by atoms with E-state index in [0.29, 0.717) is 5.56 Å². The molecule has 0 unspecified atom stereocenters. The molecule has 1 aromatic rings. The smallest absolute Gasteiger partial charge is 0.407 e. The molecule has 0 aliphatic carbocycles. The van der Waals surface area contributed by atoms with Crippen molar-refractivity contribution in [2.45, 2.75) is 46.8 Å². The highest BCUT2D eigenvalue weighted by Crippen LogP contribution is 2.19. The molecule has 1 rings (SSSR count). The molecule has 0 saturated carbocycles. The lowest BCUT2D eigenvalue weighted by Crippen LogP contribution is -2.32. The Morgan fingerprint density at radius 1 is 1.44 bits per heavy atom. The van der Waals surface area contributed by atoms with Crippen molar-refractivity contribution in [1.82, 2.24) is 10.3 Å². The lowest BCUT2D eigenvalue weighted by Gasteiger charge is -2.20. The second-order valence-corrected chi connectivity index (χ2v) is 5.24. The molecule has 18 heavy (non-hydrogen) atoms. The molecule has 0 fully saturated rings. The fourth-order valence-electron chi connectivity index (χ4n) is 1.54. The molecule has 1 amide bonds. The summed E-state index contributed by atoms with van der Waals surface area (Å²) in [6.45, 7) is 9.24. The minimum atomic E-state index is -0.535. The highest BCUT2D eigenvalue weighted by Gasteiger charge is 2.16. The van der Waals surface area contributed by atoms with E-state index in [9.17, 15) is 9.90 Å². The first-order chi connectivity index (χ1) is 8.19. The number of aromatic hydroxyl groups is 1. The van der Waals surface area contributed by atoms with Crippen molar-refractivity contribution in [1.29, 1.82) is 0 Å². The Labute approximate surface area is 107 Å². The number of nitrogens with one attached hydrogen (secondary N) is 1. The van der Waals surface area contributed by atoms with Crippen molar-refractivity contribution >= 4 is 6.09 Å². The van der Waals surface area contributed by atoms with Gasteiger partial charge in [0.25, 0.3) is 0 Å². The summed E-state index contributed by atoms with van der Waals surface area (Å²) >= 11 is 0. The average molecular weight is 252 g/mol. The maximum Gasteiger partial charge on any atom is 0.407 e. The van der Waals surface area contributed by atoms with Gasteiger partial charge in [0.05, 0.1) is 6.54 Å². The van der Waals surface area contributed by atoms with Gasteiger partial charge >= 0.3 is 6.09 Å². The Morgan fingerprint density at radius 2 is 2.06 bits per heavy atom. The molecular formula is C13H20N2O3. The summed E-state index contributed by atoms with van der Waals surface area (Å²) in [5.41, 5.74) is 1.70. The lowest BCUT2D eigenvalue weighted by molar-refractivity contribution is 0.0523. The van der Waals surface area contributed by atoms with Crippen LogP contribution in [0.15, 0.2) is 6.07 Å². The predicted octanol–water partition coefficient (Wildman–Crippen LogP) is 2.43. The molecule has 5 nitrogen and oxygen atoms in total. The summed E-state index contributed by atoms with van der Waals surface area (Å²) in [4.78, 5) is 15.4. The number of pyridine rings is 1. The van der Waals surface area contributed by atoms with Gasteiger partial charge in [-0.05, 0) is 46.2 Å². The summed E-state index contributed by atoms with van der Waals surface area (Å²) in [6.07, 6.45) is -0.512. The van der Waals surface area contributed by atoms with Crippen LogP contribution < -0.4 is 5.32 Å². The third-order valence-corrected chi connectivity index (χ3v) is 2.26. The van der Waals surface area contributed by atoms with Crippen molar-refractivity contribution in [2.24, 2.45) is 0 Å². The SMILES string of the molecule is Cc1cc(C)c(CNC(=O)OC(C)(C)C)c(O)n1. The topological polar surface area (TPSA) is 71.5 Å². The van der Waals surface area contributed by atoms with Gasteiger partial charge in [-0.15, -0.1) is 0 Å². The zero-order valence-corrected chi connectivity index (χ0v) is 11.5. The summed E-state index contributed by atoms with van der Waals surface area (Å²) in [5, 5.41) is 12.3. The highest BCUT2D eigenvalue weighted by atomic mass is 16.6. The second-order valence-electron chi connectivity index (χ2n) is 5.24. The molecule has 0 aliphatic heterocycles. The molecule has 1 heterocycles. The molecule has 0 saturated heterocycles. The van der Waals surface area contributed by atoms with Gasteiger partial charge in [0, 0.05) is 11.3 Å². The number of ether oxygens (including phenoxy) is 1. The van der Waals surface area contributed by atoms with Crippen molar-refractivity contribution in [3.63, 3.8) is 0 Å². The van der Waals surface area contributed by atoms with Crippen LogP contribution in [0.25, 0.3) is 0 Å². The van der Waals surface area contributed by atoms with Crippen LogP contribution in [0, 0.1) is 13.8 Å². The van der Waals surface area contributed by atoms with Crippen LogP contribution in [0.4, 0.5) is 4.79 Å². The third kappa shape index (κ3) is 4.24. The van der Waals surface area contributed by atoms with Crippen LogP contribution >= 0.6 is 0 Å². The van der Waals surface area contributed by atoms with E-state index < -0.39 is 11.7 Å². The number of carbonyl (C=O) groups is 1. The van der Waals surface area contributed by atoms with Crippen molar-refractivity contribution in [3.8, 4) is 5.88 Å². The molecule has 2 N–H and O–H groups in total. The van der Waals surface area contributed by atoms with Gasteiger partial charge in [0.15, 0.2) is 0 Å². The van der Waals surface area contributed by atoms with Crippen LogP contribution in [0.1, 0.15) is 37.6 Å². The number of aromatic nitrogens is 1. The summed E-state index contributed by atoms with van der Waals surface area (Å²) < 4.78 is 5.11. The number of rotatable bonds is 2. The Hall–Kier alpha value is -1.78. The number of alkyl carbamates (subject to hydrolysis) is 1. The molecule has 1 aromatic heterocycles. The average Bonchev–Trinajstić information content (AvgIpc) is 2.12. The van der Waals surface area contributed by atoms with Crippen LogP contribution in [-0.4, -0.2) is 21.8 Å². The number of aryl methyl sites for hydroxylation is 2. The van der Waals surface area contributed by atoms with Crippen LogP contribution in [-0.2, 0) is 11.3 Å². The van der Waals surface area contributed by atoms with E-state index >= 15 is 0 Å². The molecule has 0 radical (unpaired) electrons. The lowest BCUT2D eigenvalue weighted by atomic mass is 10.1. The van der Waals surface area contributed by atoms with Crippen LogP contribution in [0.3, 0.4) is 0 Å². The van der Waals surface area contributed by atoms with Gasteiger partial charge in [-0.2, -0.15) is 0 Å². The summed E-state index contributed by atoms with van der Waals surface area (Å²) in [6, 6.07) is 1.85. The maximum atomic E-state index is 11.5. The van der Waals surface area contributed by atoms with Crippen LogP contribution in [0.5, 0.6) is 5.88 Å². The molecule has 100 valence electrons. The van der Waals surface area contributed by atoms with E-state index in [0.717, 1.165) is 11.3 Å².